The lowest BCUT2D eigenvalue weighted by atomic mass is 9.82. The Bertz CT molecular complexity index is 227. The van der Waals surface area contributed by atoms with Crippen molar-refractivity contribution >= 4 is 8.51 Å². The van der Waals surface area contributed by atoms with E-state index in [4.69, 9.17) is 0 Å². The summed E-state index contributed by atoms with van der Waals surface area (Å²) in [7, 11) is 0.475. The maximum Gasteiger partial charge on any atom is 0.0706 e. The molecule has 1 aromatic rings. The number of aromatic nitrogens is 2. The Labute approximate surface area is 62.3 Å². The van der Waals surface area contributed by atoms with Gasteiger partial charge < -0.3 is 0 Å². The number of nitrogens with zero attached hydrogens (tertiary/aromatic N) is 2. The van der Waals surface area contributed by atoms with Gasteiger partial charge in [0.2, 0.25) is 0 Å². The number of aryl methyl sites for hydroxylation is 1. The maximum atomic E-state index is 4.38. The fourth-order valence-electron chi connectivity index (χ4n) is 1.36. The van der Waals surface area contributed by atoms with Gasteiger partial charge in [-0.05, 0) is 19.8 Å². The molecule has 0 aromatic carbocycles. The van der Waals surface area contributed by atoms with Crippen LogP contribution >= 0.6 is 8.51 Å². The molecule has 1 saturated carbocycles. The molecule has 2 nitrogen and oxygen atoms in total. The smallest absolute Gasteiger partial charge is 0.0706 e. The zero-order valence-corrected chi connectivity index (χ0v) is 7.09. The van der Waals surface area contributed by atoms with Crippen molar-refractivity contribution in [2.24, 2.45) is 0 Å². The summed E-state index contributed by atoms with van der Waals surface area (Å²) >= 11 is 0. The highest BCUT2D eigenvalue weighted by molar-refractivity contribution is 7.20. The molecule has 1 aromatic heterocycles. The van der Waals surface area contributed by atoms with E-state index in [-0.39, 0.29) is 0 Å². The lowest BCUT2D eigenvalue weighted by molar-refractivity contribution is 0.411. The van der Waals surface area contributed by atoms with Crippen molar-refractivity contribution in [2.45, 2.75) is 32.1 Å². The van der Waals surface area contributed by atoms with Crippen molar-refractivity contribution in [3.63, 3.8) is 0 Å². The van der Waals surface area contributed by atoms with Crippen LogP contribution in [-0.4, -0.2) is 9.49 Å². The van der Waals surface area contributed by atoms with Crippen molar-refractivity contribution in [3.8, 4) is 0 Å². The summed E-state index contributed by atoms with van der Waals surface area (Å²) in [6, 6.07) is 0. The Balaban J connectivity index is 2.23. The van der Waals surface area contributed by atoms with Gasteiger partial charge in [-0.2, -0.15) is 0 Å². The molecule has 0 saturated heterocycles. The molecule has 1 aliphatic carbocycles. The lowest BCUT2D eigenvalue weighted by Gasteiger charge is -2.23. The minimum atomic E-state index is 0.475. The van der Waals surface area contributed by atoms with Gasteiger partial charge in [0.15, 0.2) is 0 Å². The van der Waals surface area contributed by atoms with Gasteiger partial charge in [0.25, 0.3) is 0 Å². The Kier molecular flexibility index (Phi) is 1.50. The van der Waals surface area contributed by atoms with Crippen LogP contribution in [0.5, 0.6) is 0 Å². The third-order valence-electron chi connectivity index (χ3n) is 2.25. The molecule has 10 heavy (non-hydrogen) atoms. The van der Waals surface area contributed by atoms with E-state index in [0.29, 0.717) is 8.51 Å². The average Bonchev–Trinajstić information content (AvgIpc) is 2.12. The molecule has 1 fully saturated rings. The van der Waals surface area contributed by atoms with Crippen LogP contribution in [0.25, 0.3) is 0 Å². The molecule has 1 heterocycles. The van der Waals surface area contributed by atoms with Gasteiger partial charge in [0.05, 0.1) is 19.9 Å². The maximum absolute atomic E-state index is 4.38. The third kappa shape index (κ3) is 0.873. The van der Waals surface area contributed by atoms with Gasteiger partial charge >= 0.3 is 0 Å². The standard InChI is InChI=1S/C7H11N2P/c1-5-7(9-10-8-5)6-3-2-4-6/h6,10H,2-4H2,1H3. The summed E-state index contributed by atoms with van der Waals surface area (Å²) in [6.45, 7) is 2.08. The molecule has 0 amide bonds. The van der Waals surface area contributed by atoms with E-state index >= 15 is 0 Å². The molecule has 0 N–H and O–H groups in total. The van der Waals surface area contributed by atoms with Gasteiger partial charge in [-0.25, -0.2) is 9.49 Å². The second-order valence-corrected chi connectivity index (χ2v) is 3.57. The zero-order chi connectivity index (χ0) is 6.97. The van der Waals surface area contributed by atoms with Crippen molar-refractivity contribution in [1.29, 1.82) is 0 Å². The van der Waals surface area contributed by atoms with Gasteiger partial charge in [-0.15, -0.1) is 0 Å². The molecule has 0 radical (unpaired) electrons. The summed E-state index contributed by atoms with van der Waals surface area (Å²) < 4.78 is 8.64. The molecule has 1 unspecified atom stereocenters. The van der Waals surface area contributed by atoms with E-state index < -0.39 is 0 Å². The fourth-order valence-corrected chi connectivity index (χ4v) is 2.13. The predicted molar refractivity (Wildman–Crippen MR) is 42.9 cm³/mol. The molecular formula is C7H11N2P. The molecule has 0 spiro atoms. The van der Waals surface area contributed by atoms with E-state index in [2.05, 4.69) is 16.4 Å². The summed E-state index contributed by atoms with van der Waals surface area (Å²) in [5, 5.41) is 0. The lowest BCUT2D eigenvalue weighted by Crippen LogP contribution is -2.09. The van der Waals surface area contributed by atoms with Crippen LogP contribution in [0.15, 0.2) is 0 Å². The van der Waals surface area contributed by atoms with Crippen LogP contribution in [0.2, 0.25) is 0 Å². The second-order valence-electron chi connectivity index (χ2n) is 2.92. The summed E-state index contributed by atoms with van der Waals surface area (Å²) in [5.74, 6) is 0.777. The van der Waals surface area contributed by atoms with Crippen LogP contribution in [-0.2, 0) is 0 Å². The van der Waals surface area contributed by atoms with Crippen LogP contribution in [0.4, 0.5) is 0 Å². The predicted octanol–water partition coefficient (Wildman–Crippen LogP) is 2.08. The van der Waals surface area contributed by atoms with E-state index in [1.807, 2.05) is 0 Å². The Hall–Kier alpha value is -0.360. The first-order valence-corrected chi connectivity index (χ1v) is 4.64. The average molecular weight is 154 g/mol. The van der Waals surface area contributed by atoms with Crippen molar-refractivity contribution < 1.29 is 0 Å². The summed E-state index contributed by atoms with van der Waals surface area (Å²) in [4.78, 5) is 0. The van der Waals surface area contributed by atoms with E-state index in [1.165, 1.54) is 30.7 Å². The molecule has 3 heteroatoms. The number of rotatable bonds is 1. The first-order chi connectivity index (χ1) is 4.88. The van der Waals surface area contributed by atoms with E-state index in [9.17, 15) is 0 Å². The first-order valence-electron chi connectivity index (χ1n) is 3.75. The second kappa shape index (κ2) is 2.35. The van der Waals surface area contributed by atoms with Gasteiger partial charge in [-0.1, -0.05) is 6.42 Å². The van der Waals surface area contributed by atoms with Gasteiger partial charge in [-0.3, -0.25) is 0 Å². The monoisotopic (exact) mass is 154 g/mol. The van der Waals surface area contributed by atoms with E-state index in [1.54, 1.807) is 0 Å². The van der Waals surface area contributed by atoms with E-state index in [0.717, 1.165) is 5.92 Å². The Morgan fingerprint density at radius 1 is 1.40 bits per heavy atom. The normalized spacial score (nSPS) is 19.7. The van der Waals surface area contributed by atoms with Crippen molar-refractivity contribution in [2.75, 3.05) is 0 Å². The van der Waals surface area contributed by atoms with Crippen LogP contribution in [0, 0.1) is 6.92 Å². The number of hydrogen-bond donors (Lipinski definition) is 0. The minimum Gasteiger partial charge on any atom is -0.225 e. The summed E-state index contributed by atoms with van der Waals surface area (Å²) in [5.41, 5.74) is 2.51. The van der Waals surface area contributed by atoms with Gasteiger partial charge in [0.1, 0.15) is 0 Å². The molecule has 54 valence electrons. The van der Waals surface area contributed by atoms with Crippen LogP contribution in [0.3, 0.4) is 0 Å². The molecule has 1 aliphatic rings. The van der Waals surface area contributed by atoms with Crippen LogP contribution in [0.1, 0.15) is 36.6 Å². The Morgan fingerprint density at radius 2 is 2.20 bits per heavy atom. The van der Waals surface area contributed by atoms with Crippen molar-refractivity contribution in [1.82, 2.24) is 9.49 Å². The fraction of sp³-hybridized carbons (Fsp3) is 0.714. The highest BCUT2D eigenvalue weighted by Gasteiger charge is 2.22. The van der Waals surface area contributed by atoms with Crippen molar-refractivity contribution in [3.05, 3.63) is 11.4 Å². The molecule has 0 bridgehead atoms. The molecular weight excluding hydrogens is 143 g/mol. The van der Waals surface area contributed by atoms with Gasteiger partial charge in [0, 0.05) is 5.92 Å². The topological polar surface area (TPSA) is 25.8 Å². The quantitative estimate of drug-likeness (QED) is 0.618. The Morgan fingerprint density at radius 3 is 2.60 bits per heavy atom. The number of hydrogen-bond acceptors (Lipinski definition) is 2. The summed E-state index contributed by atoms with van der Waals surface area (Å²) in [6.07, 6.45) is 4.08. The molecule has 1 atom stereocenters. The third-order valence-corrected chi connectivity index (χ3v) is 3.03. The largest absolute Gasteiger partial charge is 0.225 e. The zero-order valence-electron chi connectivity index (χ0n) is 6.09. The molecule has 2 rings (SSSR count). The minimum absolute atomic E-state index is 0.475. The molecule has 0 aliphatic heterocycles. The van der Waals surface area contributed by atoms with Crippen LogP contribution < -0.4 is 0 Å². The highest BCUT2D eigenvalue weighted by Crippen LogP contribution is 2.36. The SMILES string of the molecule is Cc1n[pH]nc1C1CCC1. The highest BCUT2D eigenvalue weighted by atomic mass is 31.1. The first kappa shape index (κ1) is 6.36.